The molecule has 0 saturated carbocycles. The van der Waals surface area contributed by atoms with Crippen molar-refractivity contribution in [3.8, 4) is 11.8 Å². The summed E-state index contributed by atoms with van der Waals surface area (Å²) >= 11 is 1.26. The number of thioether (sulfide) groups is 1. The number of pyridine rings is 1. The minimum Gasteiger partial charge on any atom is -0.494 e. The number of ether oxygens (including phenoxy) is 1. The van der Waals surface area contributed by atoms with E-state index >= 15 is 0 Å². The van der Waals surface area contributed by atoms with Crippen LogP contribution in [0.5, 0.6) is 5.75 Å². The molecule has 2 aromatic carbocycles. The van der Waals surface area contributed by atoms with Crippen LogP contribution in [-0.4, -0.2) is 36.3 Å². The molecular weight excluding hydrogens is 408 g/mol. The number of fused-ring (bicyclic) bond motifs is 1. The highest BCUT2D eigenvalue weighted by molar-refractivity contribution is 8.00. The number of rotatable bonds is 7. The number of nitrogens with one attached hydrogen (secondary N) is 1. The molecule has 2 heterocycles. The van der Waals surface area contributed by atoms with E-state index in [1.807, 2.05) is 49.4 Å². The Morgan fingerprint density at radius 2 is 1.97 bits per heavy atom. The molecule has 0 bridgehead atoms. The van der Waals surface area contributed by atoms with Crippen molar-refractivity contribution in [2.24, 2.45) is 0 Å². The first kappa shape index (κ1) is 21.0. The van der Waals surface area contributed by atoms with Gasteiger partial charge < -0.3 is 15.0 Å². The molecule has 31 heavy (non-hydrogen) atoms. The summed E-state index contributed by atoms with van der Waals surface area (Å²) in [5.74, 6) is 0.776. The van der Waals surface area contributed by atoms with Crippen LogP contribution < -0.4 is 15.0 Å². The Hall–Kier alpha value is -3.24. The highest BCUT2D eigenvalue weighted by Crippen LogP contribution is 2.27. The number of nitrogens with zero attached hydrogens (tertiary/aromatic N) is 3. The van der Waals surface area contributed by atoms with E-state index in [1.54, 1.807) is 6.07 Å². The van der Waals surface area contributed by atoms with Crippen LogP contribution in [0.15, 0.2) is 53.6 Å². The first-order valence-electron chi connectivity index (χ1n) is 10.4. The lowest BCUT2D eigenvalue weighted by Crippen LogP contribution is -2.18. The van der Waals surface area contributed by atoms with E-state index in [0.29, 0.717) is 17.2 Å². The Morgan fingerprint density at radius 3 is 2.68 bits per heavy atom. The molecule has 0 spiro atoms. The van der Waals surface area contributed by atoms with Gasteiger partial charge in [0.2, 0.25) is 5.91 Å². The van der Waals surface area contributed by atoms with Crippen molar-refractivity contribution < 1.29 is 9.53 Å². The number of nitriles is 1. The maximum absolute atomic E-state index is 12.5. The average molecular weight is 433 g/mol. The third kappa shape index (κ3) is 5.09. The third-order valence-corrected chi connectivity index (χ3v) is 6.14. The molecular formula is C24H24N4O2S. The fraction of sp³-hybridized carbons (Fsp3) is 0.292. The summed E-state index contributed by atoms with van der Waals surface area (Å²) in [7, 11) is 0. The summed E-state index contributed by atoms with van der Waals surface area (Å²) in [6.07, 6.45) is 2.46. The highest BCUT2D eigenvalue weighted by Gasteiger charge is 2.13. The van der Waals surface area contributed by atoms with Crippen molar-refractivity contribution in [1.82, 2.24) is 4.98 Å². The van der Waals surface area contributed by atoms with Crippen LogP contribution in [0.1, 0.15) is 25.3 Å². The quantitative estimate of drug-likeness (QED) is 0.539. The smallest absolute Gasteiger partial charge is 0.234 e. The molecule has 158 valence electrons. The fourth-order valence-corrected chi connectivity index (χ4v) is 4.40. The molecule has 1 fully saturated rings. The van der Waals surface area contributed by atoms with Gasteiger partial charge in [0.25, 0.3) is 0 Å². The van der Waals surface area contributed by atoms with E-state index in [1.165, 1.54) is 30.3 Å². The number of benzene rings is 2. The van der Waals surface area contributed by atoms with Gasteiger partial charge in [-0.3, -0.25) is 4.79 Å². The first-order chi connectivity index (χ1) is 15.2. The van der Waals surface area contributed by atoms with Gasteiger partial charge in [-0.15, -0.1) is 0 Å². The normalized spacial score (nSPS) is 13.2. The number of aromatic nitrogens is 1. The Bertz CT molecular complexity index is 1120. The summed E-state index contributed by atoms with van der Waals surface area (Å²) in [4.78, 5) is 19.4. The van der Waals surface area contributed by atoms with Crippen LogP contribution in [0, 0.1) is 11.3 Å². The molecule has 0 unspecified atom stereocenters. The van der Waals surface area contributed by atoms with Gasteiger partial charge in [0.15, 0.2) is 0 Å². The van der Waals surface area contributed by atoms with Gasteiger partial charge in [-0.25, -0.2) is 4.98 Å². The summed E-state index contributed by atoms with van der Waals surface area (Å²) in [6, 6.07) is 17.5. The number of carbonyl (C=O) groups is 1. The molecule has 1 saturated heterocycles. The molecule has 6 nitrogen and oxygen atoms in total. The van der Waals surface area contributed by atoms with Crippen LogP contribution in [0.3, 0.4) is 0 Å². The second-order valence-electron chi connectivity index (χ2n) is 7.32. The van der Waals surface area contributed by atoms with E-state index in [2.05, 4.69) is 21.3 Å². The number of hydrogen-bond acceptors (Lipinski definition) is 6. The van der Waals surface area contributed by atoms with Gasteiger partial charge in [-0.2, -0.15) is 5.26 Å². The fourth-order valence-electron chi connectivity index (χ4n) is 3.64. The molecule has 1 aliphatic rings. The predicted molar refractivity (Wildman–Crippen MR) is 125 cm³/mol. The monoisotopic (exact) mass is 432 g/mol. The summed E-state index contributed by atoms with van der Waals surface area (Å²) in [5.41, 5.74) is 3.16. The van der Waals surface area contributed by atoms with Crippen molar-refractivity contribution >= 4 is 39.9 Å². The lowest BCUT2D eigenvalue weighted by Gasteiger charge is -2.17. The molecule has 3 aromatic rings. The van der Waals surface area contributed by atoms with Gasteiger partial charge >= 0.3 is 0 Å². The van der Waals surface area contributed by atoms with E-state index in [0.717, 1.165) is 35.4 Å². The van der Waals surface area contributed by atoms with Crippen LogP contribution in [0.4, 0.5) is 11.4 Å². The van der Waals surface area contributed by atoms with Crippen LogP contribution in [0.2, 0.25) is 0 Å². The predicted octanol–water partition coefficient (Wildman–Crippen LogP) is 4.84. The number of anilines is 2. The minimum atomic E-state index is -0.132. The first-order valence-corrected chi connectivity index (χ1v) is 11.4. The molecule has 1 N–H and O–H groups in total. The SMILES string of the molecule is CCOc1ccc2cc(C#N)c(SCC(=O)Nc3ccc(N4CCCC4)cc3)nc2c1. The maximum atomic E-state index is 12.5. The van der Waals surface area contributed by atoms with Crippen LogP contribution in [0.25, 0.3) is 10.9 Å². The largest absolute Gasteiger partial charge is 0.494 e. The van der Waals surface area contributed by atoms with Crippen molar-refractivity contribution in [3.05, 3.63) is 54.1 Å². The molecule has 1 aliphatic heterocycles. The van der Waals surface area contributed by atoms with Gasteiger partial charge in [-0.05, 0) is 62.2 Å². The van der Waals surface area contributed by atoms with Gasteiger partial charge in [0, 0.05) is 35.9 Å². The second-order valence-corrected chi connectivity index (χ2v) is 8.28. The summed E-state index contributed by atoms with van der Waals surface area (Å²) in [6.45, 7) is 4.68. The molecule has 0 atom stereocenters. The topological polar surface area (TPSA) is 78.2 Å². The summed E-state index contributed by atoms with van der Waals surface area (Å²) in [5, 5.41) is 13.8. The van der Waals surface area contributed by atoms with Gasteiger partial charge in [-0.1, -0.05) is 11.8 Å². The average Bonchev–Trinajstić information content (AvgIpc) is 3.33. The Balaban J connectivity index is 1.41. The van der Waals surface area contributed by atoms with Crippen molar-refractivity contribution in [2.75, 3.05) is 35.7 Å². The van der Waals surface area contributed by atoms with Crippen LogP contribution in [-0.2, 0) is 4.79 Å². The number of amides is 1. The maximum Gasteiger partial charge on any atom is 0.234 e. The Labute approximate surface area is 186 Å². The van der Waals surface area contributed by atoms with E-state index in [-0.39, 0.29) is 11.7 Å². The third-order valence-electron chi connectivity index (χ3n) is 5.15. The standard InChI is InChI=1S/C24H24N4O2S/c1-2-30-21-10-5-17-13-18(15-25)24(27-22(17)14-21)31-16-23(29)26-19-6-8-20(9-7-19)28-11-3-4-12-28/h5-10,13-14H,2-4,11-12,16H2,1H3,(H,26,29). The molecule has 0 radical (unpaired) electrons. The van der Waals surface area contributed by atoms with E-state index in [4.69, 9.17) is 4.74 Å². The molecule has 0 aliphatic carbocycles. The zero-order chi connectivity index (χ0) is 21.6. The number of carbonyl (C=O) groups excluding carboxylic acids is 1. The minimum absolute atomic E-state index is 0.132. The van der Waals surface area contributed by atoms with E-state index in [9.17, 15) is 10.1 Å². The van der Waals surface area contributed by atoms with Crippen LogP contribution >= 0.6 is 11.8 Å². The Morgan fingerprint density at radius 1 is 1.19 bits per heavy atom. The Kier molecular flexibility index (Phi) is 6.58. The lowest BCUT2D eigenvalue weighted by molar-refractivity contribution is -0.113. The van der Waals surface area contributed by atoms with Crippen molar-refractivity contribution in [1.29, 1.82) is 5.26 Å². The van der Waals surface area contributed by atoms with E-state index < -0.39 is 0 Å². The van der Waals surface area contributed by atoms with Gasteiger partial charge in [0.05, 0.1) is 23.4 Å². The molecule has 4 rings (SSSR count). The molecule has 1 amide bonds. The summed E-state index contributed by atoms with van der Waals surface area (Å²) < 4.78 is 5.54. The molecule has 7 heteroatoms. The van der Waals surface area contributed by atoms with Gasteiger partial charge in [0.1, 0.15) is 16.8 Å². The highest BCUT2D eigenvalue weighted by atomic mass is 32.2. The second kappa shape index (κ2) is 9.71. The van der Waals surface area contributed by atoms with Crippen molar-refractivity contribution in [2.45, 2.75) is 24.8 Å². The zero-order valence-electron chi connectivity index (χ0n) is 17.4. The lowest BCUT2D eigenvalue weighted by atomic mass is 10.1. The molecule has 1 aromatic heterocycles. The number of hydrogen-bond donors (Lipinski definition) is 1. The zero-order valence-corrected chi connectivity index (χ0v) is 18.2. The van der Waals surface area contributed by atoms with Crippen molar-refractivity contribution in [3.63, 3.8) is 0 Å².